The highest BCUT2D eigenvalue weighted by Gasteiger charge is 2.16. The molecule has 2 heterocycles. The number of nitrogens with zero attached hydrogens (tertiary/aromatic N) is 3. The molecule has 0 aliphatic carbocycles. The van der Waals surface area contributed by atoms with Crippen LogP contribution >= 0.6 is 27.3 Å². The van der Waals surface area contributed by atoms with Crippen molar-refractivity contribution >= 4 is 38.3 Å². The van der Waals surface area contributed by atoms with E-state index in [4.69, 9.17) is 4.74 Å². The predicted octanol–water partition coefficient (Wildman–Crippen LogP) is 4.43. The zero-order valence-corrected chi connectivity index (χ0v) is 19.0. The fourth-order valence-electron chi connectivity index (χ4n) is 3.03. The van der Waals surface area contributed by atoms with Crippen LogP contribution in [0.1, 0.15) is 31.9 Å². The number of halogens is 1. The SMILES string of the molecule is COc1ccc(Br)cc1/C=c1\sc2nc(-c3ccc(C(C)(C)C)cc3)nn2c1=O. The van der Waals surface area contributed by atoms with Gasteiger partial charge < -0.3 is 4.74 Å². The van der Waals surface area contributed by atoms with Crippen molar-refractivity contribution < 1.29 is 4.74 Å². The molecule has 29 heavy (non-hydrogen) atoms. The summed E-state index contributed by atoms with van der Waals surface area (Å²) in [5.74, 6) is 1.26. The van der Waals surface area contributed by atoms with E-state index in [9.17, 15) is 4.79 Å². The molecule has 0 aliphatic rings. The molecule has 148 valence electrons. The second-order valence-electron chi connectivity index (χ2n) is 7.76. The maximum absolute atomic E-state index is 12.8. The molecule has 0 amide bonds. The zero-order chi connectivity index (χ0) is 20.8. The first-order valence-electron chi connectivity index (χ1n) is 9.12. The number of benzene rings is 2. The Bertz CT molecular complexity index is 1300. The van der Waals surface area contributed by atoms with Crippen LogP contribution < -0.4 is 14.8 Å². The van der Waals surface area contributed by atoms with E-state index in [0.717, 1.165) is 15.6 Å². The highest BCUT2D eigenvalue weighted by molar-refractivity contribution is 9.10. The molecule has 0 bridgehead atoms. The van der Waals surface area contributed by atoms with Gasteiger partial charge in [0.15, 0.2) is 5.82 Å². The van der Waals surface area contributed by atoms with Crippen LogP contribution in [-0.4, -0.2) is 21.7 Å². The summed E-state index contributed by atoms with van der Waals surface area (Å²) in [7, 11) is 1.61. The Balaban J connectivity index is 1.75. The van der Waals surface area contributed by atoms with E-state index in [0.29, 0.717) is 21.1 Å². The number of methoxy groups -OCH3 is 1. The van der Waals surface area contributed by atoms with Crippen LogP contribution in [0.3, 0.4) is 0 Å². The first-order valence-corrected chi connectivity index (χ1v) is 10.7. The summed E-state index contributed by atoms with van der Waals surface area (Å²) >= 11 is 4.77. The van der Waals surface area contributed by atoms with Crippen LogP contribution in [0.2, 0.25) is 0 Å². The average Bonchev–Trinajstić information content (AvgIpc) is 3.21. The third-order valence-electron chi connectivity index (χ3n) is 4.67. The van der Waals surface area contributed by atoms with Crippen molar-refractivity contribution in [3.63, 3.8) is 0 Å². The van der Waals surface area contributed by atoms with E-state index >= 15 is 0 Å². The van der Waals surface area contributed by atoms with Gasteiger partial charge >= 0.3 is 0 Å². The Morgan fingerprint density at radius 1 is 1.14 bits per heavy atom. The molecule has 0 fully saturated rings. The fraction of sp³-hybridized carbons (Fsp3) is 0.227. The van der Waals surface area contributed by atoms with Gasteiger partial charge in [0.1, 0.15) is 5.75 Å². The molecule has 4 aromatic rings. The zero-order valence-electron chi connectivity index (χ0n) is 16.6. The van der Waals surface area contributed by atoms with Crippen LogP contribution in [0, 0.1) is 0 Å². The van der Waals surface area contributed by atoms with E-state index in [1.807, 2.05) is 36.4 Å². The minimum atomic E-state index is -0.183. The molecule has 2 aromatic heterocycles. The minimum absolute atomic E-state index is 0.0842. The summed E-state index contributed by atoms with van der Waals surface area (Å²) in [5, 5.41) is 4.44. The topological polar surface area (TPSA) is 56.5 Å². The highest BCUT2D eigenvalue weighted by Crippen LogP contribution is 2.26. The lowest BCUT2D eigenvalue weighted by Crippen LogP contribution is -2.23. The Kier molecular flexibility index (Phi) is 5.04. The van der Waals surface area contributed by atoms with Crippen LogP contribution in [0.5, 0.6) is 5.75 Å². The van der Waals surface area contributed by atoms with E-state index < -0.39 is 0 Å². The van der Waals surface area contributed by atoms with Crippen LogP contribution in [0.25, 0.3) is 22.4 Å². The average molecular weight is 470 g/mol. The number of rotatable bonds is 3. The van der Waals surface area contributed by atoms with Crippen molar-refractivity contribution in [1.29, 1.82) is 0 Å². The van der Waals surface area contributed by atoms with Gasteiger partial charge in [0, 0.05) is 15.6 Å². The molecule has 0 atom stereocenters. The summed E-state index contributed by atoms with van der Waals surface area (Å²) < 4.78 is 8.24. The van der Waals surface area contributed by atoms with Crippen molar-refractivity contribution in [2.75, 3.05) is 7.11 Å². The number of fused-ring (bicyclic) bond motifs is 1. The smallest absolute Gasteiger partial charge is 0.291 e. The lowest BCUT2D eigenvalue weighted by molar-refractivity contribution is 0.414. The van der Waals surface area contributed by atoms with Crippen molar-refractivity contribution in [2.45, 2.75) is 26.2 Å². The highest BCUT2D eigenvalue weighted by atomic mass is 79.9. The molecule has 0 radical (unpaired) electrons. The maximum atomic E-state index is 12.8. The summed E-state index contributed by atoms with van der Waals surface area (Å²) in [5.41, 5.74) is 2.86. The first kappa shape index (κ1) is 19.8. The number of hydrogen-bond acceptors (Lipinski definition) is 5. The van der Waals surface area contributed by atoms with Crippen molar-refractivity contribution in [1.82, 2.24) is 14.6 Å². The molecule has 2 aromatic carbocycles. The number of thiazole rings is 1. The Morgan fingerprint density at radius 2 is 1.86 bits per heavy atom. The van der Waals surface area contributed by atoms with E-state index in [1.54, 1.807) is 7.11 Å². The molecule has 0 saturated heterocycles. The van der Waals surface area contributed by atoms with Crippen molar-refractivity contribution in [3.8, 4) is 17.1 Å². The van der Waals surface area contributed by atoms with E-state index in [2.05, 4.69) is 58.9 Å². The summed E-state index contributed by atoms with van der Waals surface area (Å²) in [6, 6.07) is 13.8. The van der Waals surface area contributed by atoms with Gasteiger partial charge in [0.05, 0.1) is 11.6 Å². The molecule has 4 rings (SSSR count). The van der Waals surface area contributed by atoms with Crippen LogP contribution in [-0.2, 0) is 5.41 Å². The predicted molar refractivity (Wildman–Crippen MR) is 121 cm³/mol. The number of aromatic nitrogens is 3. The van der Waals surface area contributed by atoms with Crippen LogP contribution in [0.15, 0.2) is 51.7 Å². The molecule has 5 nitrogen and oxygen atoms in total. The van der Waals surface area contributed by atoms with Crippen molar-refractivity contribution in [2.24, 2.45) is 0 Å². The van der Waals surface area contributed by atoms with Gasteiger partial charge in [-0.2, -0.15) is 9.50 Å². The maximum Gasteiger partial charge on any atom is 0.291 e. The van der Waals surface area contributed by atoms with Gasteiger partial charge in [0.25, 0.3) is 5.56 Å². The summed E-state index contributed by atoms with van der Waals surface area (Å²) in [6.45, 7) is 6.53. The standard InChI is InChI=1S/C22H20BrN3O2S/c1-22(2,3)15-7-5-13(6-8-15)19-24-21-26(25-19)20(27)18(29-21)12-14-11-16(23)9-10-17(14)28-4/h5-12H,1-4H3/b18-12-. The largest absolute Gasteiger partial charge is 0.496 e. The second kappa shape index (κ2) is 7.39. The fourth-order valence-corrected chi connectivity index (χ4v) is 4.31. The van der Waals surface area contributed by atoms with Gasteiger partial charge in [-0.3, -0.25) is 4.79 Å². The number of ether oxygens (including phenoxy) is 1. The van der Waals surface area contributed by atoms with Crippen LogP contribution in [0.4, 0.5) is 0 Å². The third-order valence-corrected chi connectivity index (χ3v) is 6.12. The molecule has 0 unspecified atom stereocenters. The molecule has 0 spiro atoms. The van der Waals surface area contributed by atoms with Gasteiger partial charge in [-0.05, 0) is 35.3 Å². The lowest BCUT2D eigenvalue weighted by Gasteiger charge is -2.18. The van der Waals surface area contributed by atoms with E-state index in [1.165, 1.54) is 21.4 Å². The van der Waals surface area contributed by atoms with Crippen molar-refractivity contribution in [3.05, 3.63) is 73.0 Å². The number of hydrogen-bond donors (Lipinski definition) is 0. The monoisotopic (exact) mass is 469 g/mol. The molecular formula is C22H20BrN3O2S. The normalized spacial score (nSPS) is 12.7. The van der Waals surface area contributed by atoms with Gasteiger partial charge in [-0.1, -0.05) is 72.3 Å². The Labute approximate surface area is 180 Å². The molecule has 7 heteroatoms. The van der Waals surface area contributed by atoms with Gasteiger partial charge in [-0.15, -0.1) is 5.10 Å². The molecule has 0 saturated carbocycles. The van der Waals surface area contributed by atoms with E-state index in [-0.39, 0.29) is 11.0 Å². The summed E-state index contributed by atoms with van der Waals surface area (Å²) in [6.07, 6.45) is 1.81. The lowest BCUT2D eigenvalue weighted by atomic mass is 9.87. The third kappa shape index (κ3) is 3.84. The first-order chi connectivity index (χ1) is 13.8. The van der Waals surface area contributed by atoms with Gasteiger partial charge in [0.2, 0.25) is 4.96 Å². The quantitative estimate of drug-likeness (QED) is 0.445. The molecule has 0 aliphatic heterocycles. The second-order valence-corrected chi connectivity index (χ2v) is 9.68. The minimum Gasteiger partial charge on any atom is -0.496 e. The molecule has 0 N–H and O–H groups in total. The Morgan fingerprint density at radius 3 is 2.48 bits per heavy atom. The summed E-state index contributed by atoms with van der Waals surface area (Å²) in [4.78, 5) is 18.0. The molecular weight excluding hydrogens is 450 g/mol. The Hall–Kier alpha value is -2.51. The van der Waals surface area contributed by atoms with Gasteiger partial charge in [-0.25, -0.2) is 0 Å².